The topological polar surface area (TPSA) is 58.1 Å². The molecule has 6 nitrogen and oxygen atoms in total. The van der Waals surface area contributed by atoms with E-state index >= 15 is 0 Å². The number of rotatable bonds is 11. The normalized spacial score (nSPS) is 18.7. The van der Waals surface area contributed by atoms with E-state index in [1.165, 1.54) is 5.56 Å². The molecule has 1 saturated heterocycles. The second-order valence-corrected chi connectivity index (χ2v) is 7.11. The van der Waals surface area contributed by atoms with Gasteiger partial charge in [0.2, 0.25) is 0 Å². The lowest BCUT2D eigenvalue weighted by Gasteiger charge is -2.24. The van der Waals surface area contributed by atoms with Crippen molar-refractivity contribution in [1.82, 2.24) is 15.5 Å². The van der Waals surface area contributed by atoms with Gasteiger partial charge in [-0.3, -0.25) is 9.89 Å². The molecule has 27 heavy (non-hydrogen) atoms. The summed E-state index contributed by atoms with van der Waals surface area (Å²) in [6.07, 6.45) is 2.27. The molecule has 1 heterocycles. The molecular formula is C21H36N4O2. The van der Waals surface area contributed by atoms with Gasteiger partial charge in [-0.1, -0.05) is 30.3 Å². The number of guanidine groups is 1. The molecule has 1 aromatic rings. The van der Waals surface area contributed by atoms with Crippen LogP contribution in [0, 0.1) is 0 Å². The number of aliphatic imine (C=N–C) groups is 1. The highest BCUT2D eigenvalue weighted by molar-refractivity contribution is 5.79. The first-order valence-electron chi connectivity index (χ1n) is 10.1. The van der Waals surface area contributed by atoms with Crippen LogP contribution in [0.4, 0.5) is 0 Å². The minimum Gasteiger partial charge on any atom is -0.379 e. The zero-order valence-corrected chi connectivity index (χ0v) is 17.1. The van der Waals surface area contributed by atoms with Gasteiger partial charge in [-0.05, 0) is 39.3 Å². The fourth-order valence-corrected chi connectivity index (χ4v) is 2.91. The SMILES string of the molecule is CCNC(=NCC(C)N(C)Cc1ccccc1)NCCCOC1CCOC1. The third-order valence-corrected chi connectivity index (χ3v) is 4.74. The van der Waals surface area contributed by atoms with Gasteiger partial charge in [-0.2, -0.15) is 0 Å². The van der Waals surface area contributed by atoms with Crippen LogP contribution in [0.1, 0.15) is 32.3 Å². The van der Waals surface area contributed by atoms with Gasteiger partial charge in [0.15, 0.2) is 5.96 Å². The maximum absolute atomic E-state index is 5.80. The molecule has 0 amide bonds. The monoisotopic (exact) mass is 376 g/mol. The van der Waals surface area contributed by atoms with Crippen LogP contribution in [0.3, 0.4) is 0 Å². The second kappa shape index (κ2) is 12.7. The molecule has 1 fully saturated rings. The first-order chi connectivity index (χ1) is 13.2. The van der Waals surface area contributed by atoms with Gasteiger partial charge < -0.3 is 20.1 Å². The minimum atomic E-state index is 0.285. The lowest BCUT2D eigenvalue weighted by molar-refractivity contribution is 0.0420. The van der Waals surface area contributed by atoms with Crippen LogP contribution in [0.25, 0.3) is 0 Å². The van der Waals surface area contributed by atoms with Gasteiger partial charge in [0.1, 0.15) is 0 Å². The van der Waals surface area contributed by atoms with Crippen molar-refractivity contribution in [3.63, 3.8) is 0 Å². The Kier molecular flexibility index (Phi) is 10.2. The fraction of sp³-hybridized carbons (Fsp3) is 0.667. The standard InChI is InChI=1S/C21H36N4O2/c1-4-22-21(23-12-8-13-27-20-11-14-26-17-20)24-15-18(2)25(3)16-19-9-6-5-7-10-19/h5-7,9-10,18,20H,4,8,11-17H2,1-3H3,(H2,22,23,24). The second-order valence-electron chi connectivity index (χ2n) is 7.11. The van der Waals surface area contributed by atoms with E-state index in [1.807, 2.05) is 0 Å². The van der Waals surface area contributed by atoms with Crippen LogP contribution < -0.4 is 10.6 Å². The third-order valence-electron chi connectivity index (χ3n) is 4.74. The Morgan fingerprint density at radius 2 is 2.15 bits per heavy atom. The molecule has 2 N–H and O–H groups in total. The number of hydrogen-bond acceptors (Lipinski definition) is 4. The molecule has 2 rings (SSSR count). The summed E-state index contributed by atoms with van der Waals surface area (Å²) in [5.74, 6) is 0.877. The van der Waals surface area contributed by atoms with Gasteiger partial charge in [-0.15, -0.1) is 0 Å². The van der Waals surface area contributed by atoms with E-state index < -0.39 is 0 Å². The van der Waals surface area contributed by atoms with E-state index in [0.29, 0.717) is 6.04 Å². The summed E-state index contributed by atoms with van der Waals surface area (Å²) in [4.78, 5) is 7.08. The Bertz CT molecular complexity index is 532. The summed E-state index contributed by atoms with van der Waals surface area (Å²) in [6, 6.07) is 10.9. The number of nitrogens with zero attached hydrogens (tertiary/aromatic N) is 2. The summed E-state index contributed by atoms with van der Waals surface area (Å²) in [5.41, 5.74) is 1.33. The summed E-state index contributed by atoms with van der Waals surface area (Å²) < 4.78 is 11.1. The maximum Gasteiger partial charge on any atom is 0.191 e. The molecule has 1 aliphatic heterocycles. The maximum atomic E-state index is 5.80. The van der Waals surface area contributed by atoms with Gasteiger partial charge >= 0.3 is 0 Å². The molecule has 0 radical (unpaired) electrons. The molecule has 0 spiro atoms. The summed E-state index contributed by atoms with van der Waals surface area (Å²) in [7, 11) is 2.15. The number of likely N-dealkylation sites (N-methyl/N-ethyl adjacent to an activating group) is 1. The van der Waals surface area contributed by atoms with E-state index in [1.54, 1.807) is 0 Å². The van der Waals surface area contributed by atoms with Crippen LogP contribution in [0.5, 0.6) is 0 Å². The van der Waals surface area contributed by atoms with Crippen LogP contribution in [0.2, 0.25) is 0 Å². The van der Waals surface area contributed by atoms with E-state index in [9.17, 15) is 0 Å². The van der Waals surface area contributed by atoms with Gasteiger partial charge in [0.25, 0.3) is 0 Å². The first kappa shape index (κ1) is 21.7. The number of hydrogen-bond donors (Lipinski definition) is 2. The zero-order valence-electron chi connectivity index (χ0n) is 17.1. The van der Waals surface area contributed by atoms with Crippen molar-refractivity contribution in [2.24, 2.45) is 4.99 Å². The highest BCUT2D eigenvalue weighted by atomic mass is 16.5. The number of nitrogens with one attached hydrogen (secondary N) is 2. The van der Waals surface area contributed by atoms with Crippen LogP contribution in [-0.4, -0.2) is 69.5 Å². The third kappa shape index (κ3) is 8.73. The molecule has 6 heteroatoms. The molecule has 152 valence electrons. The largest absolute Gasteiger partial charge is 0.379 e. The molecule has 2 unspecified atom stereocenters. The Hall–Kier alpha value is -1.63. The number of benzene rings is 1. The molecular weight excluding hydrogens is 340 g/mol. The van der Waals surface area contributed by atoms with E-state index in [4.69, 9.17) is 14.5 Å². The molecule has 0 aromatic heterocycles. The van der Waals surface area contributed by atoms with Gasteiger partial charge in [0.05, 0.1) is 19.3 Å². The van der Waals surface area contributed by atoms with Crippen molar-refractivity contribution in [2.75, 3.05) is 46.5 Å². The predicted octanol–water partition coefficient (Wildman–Crippen LogP) is 2.26. The van der Waals surface area contributed by atoms with Crippen molar-refractivity contribution in [3.05, 3.63) is 35.9 Å². The van der Waals surface area contributed by atoms with Gasteiger partial charge in [-0.25, -0.2) is 0 Å². The van der Waals surface area contributed by atoms with Crippen LogP contribution >= 0.6 is 0 Å². The van der Waals surface area contributed by atoms with Crippen LogP contribution in [0.15, 0.2) is 35.3 Å². The molecule has 0 saturated carbocycles. The van der Waals surface area contributed by atoms with E-state index in [2.05, 4.69) is 66.8 Å². The minimum absolute atomic E-state index is 0.285. The van der Waals surface area contributed by atoms with Crippen molar-refractivity contribution in [2.45, 2.75) is 45.4 Å². The Labute approximate surface area is 164 Å². The lowest BCUT2D eigenvalue weighted by atomic mass is 10.2. The Morgan fingerprint density at radius 1 is 1.33 bits per heavy atom. The Morgan fingerprint density at radius 3 is 2.85 bits per heavy atom. The molecule has 0 aliphatic carbocycles. The summed E-state index contributed by atoms with van der Waals surface area (Å²) in [6.45, 7) is 10.0. The highest BCUT2D eigenvalue weighted by Crippen LogP contribution is 2.08. The fourth-order valence-electron chi connectivity index (χ4n) is 2.91. The quantitative estimate of drug-likeness (QED) is 0.352. The Balaban J connectivity index is 1.67. The summed E-state index contributed by atoms with van der Waals surface area (Å²) >= 11 is 0. The van der Waals surface area contributed by atoms with E-state index in [-0.39, 0.29) is 6.10 Å². The first-order valence-corrected chi connectivity index (χ1v) is 10.1. The highest BCUT2D eigenvalue weighted by Gasteiger charge is 2.15. The summed E-state index contributed by atoms with van der Waals surface area (Å²) in [5, 5.41) is 6.72. The van der Waals surface area contributed by atoms with Gasteiger partial charge in [0, 0.05) is 38.9 Å². The average Bonchev–Trinajstić information content (AvgIpc) is 3.19. The average molecular weight is 377 g/mol. The van der Waals surface area contributed by atoms with Crippen LogP contribution in [-0.2, 0) is 16.0 Å². The molecule has 2 atom stereocenters. The van der Waals surface area contributed by atoms with E-state index in [0.717, 1.165) is 64.8 Å². The molecule has 1 aliphatic rings. The molecule has 0 bridgehead atoms. The predicted molar refractivity (Wildman–Crippen MR) is 111 cm³/mol. The van der Waals surface area contributed by atoms with Crippen molar-refractivity contribution >= 4 is 5.96 Å². The lowest BCUT2D eigenvalue weighted by Crippen LogP contribution is -2.39. The van der Waals surface area contributed by atoms with Crippen molar-refractivity contribution in [3.8, 4) is 0 Å². The number of ether oxygens (including phenoxy) is 2. The molecule has 1 aromatic carbocycles. The zero-order chi connectivity index (χ0) is 19.3. The smallest absolute Gasteiger partial charge is 0.191 e. The van der Waals surface area contributed by atoms with Crippen molar-refractivity contribution in [1.29, 1.82) is 0 Å². The van der Waals surface area contributed by atoms with Crippen molar-refractivity contribution < 1.29 is 9.47 Å².